The minimum Gasteiger partial charge on any atom is -0.356 e. The Morgan fingerprint density at radius 2 is 1.76 bits per heavy atom. The minimum absolute atomic E-state index is 0.384. The van der Waals surface area contributed by atoms with Crippen molar-refractivity contribution in [3.05, 3.63) is 18.1 Å². The van der Waals surface area contributed by atoms with Crippen molar-refractivity contribution < 1.29 is 8.42 Å². The van der Waals surface area contributed by atoms with E-state index in [1.165, 1.54) is 6.26 Å². The molecule has 1 aromatic rings. The van der Waals surface area contributed by atoms with Crippen LogP contribution in [0.1, 0.15) is 25.5 Å². The standard InChI is InChI=1S/C14H22N4O2S/c1-10(2)13-4-14(16-9-15-13)17-5-11-7-18(21(3,19)20)8-12(11)6-17/h4,9-12H,5-8H2,1-3H3. The number of nitrogens with zero attached hydrogens (tertiary/aromatic N) is 4. The highest BCUT2D eigenvalue weighted by Gasteiger charge is 2.43. The molecule has 21 heavy (non-hydrogen) atoms. The Hall–Kier alpha value is -1.21. The molecule has 0 saturated carbocycles. The van der Waals surface area contributed by atoms with Crippen LogP contribution in [0.3, 0.4) is 0 Å². The molecule has 0 spiro atoms. The molecule has 0 N–H and O–H groups in total. The third kappa shape index (κ3) is 2.89. The number of fused-ring (bicyclic) bond motifs is 1. The van der Waals surface area contributed by atoms with E-state index in [0.717, 1.165) is 24.6 Å². The van der Waals surface area contributed by atoms with Gasteiger partial charge in [-0.2, -0.15) is 0 Å². The topological polar surface area (TPSA) is 66.4 Å². The lowest BCUT2D eigenvalue weighted by molar-refractivity contribution is 0.458. The molecule has 0 radical (unpaired) electrons. The summed E-state index contributed by atoms with van der Waals surface area (Å²) in [6.45, 7) is 7.28. The number of sulfonamides is 1. The van der Waals surface area contributed by atoms with Gasteiger partial charge in [-0.05, 0) is 17.8 Å². The first-order valence-corrected chi connectivity index (χ1v) is 9.21. The zero-order valence-electron chi connectivity index (χ0n) is 12.7. The molecule has 2 aliphatic rings. The van der Waals surface area contributed by atoms with Crippen molar-refractivity contribution in [1.82, 2.24) is 14.3 Å². The largest absolute Gasteiger partial charge is 0.356 e. The molecular formula is C14H22N4O2S. The predicted molar refractivity (Wildman–Crippen MR) is 81.7 cm³/mol. The first-order valence-electron chi connectivity index (χ1n) is 7.36. The maximum absolute atomic E-state index is 11.6. The van der Waals surface area contributed by atoms with Crippen molar-refractivity contribution in [2.24, 2.45) is 11.8 Å². The van der Waals surface area contributed by atoms with Gasteiger partial charge in [-0.25, -0.2) is 22.7 Å². The van der Waals surface area contributed by atoms with E-state index in [-0.39, 0.29) is 0 Å². The van der Waals surface area contributed by atoms with Crippen molar-refractivity contribution in [2.75, 3.05) is 37.3 Å². The van der Waals surface area contributed by atoms with Crippen molar-refractivity contribution >= 4 is 15.8 Å². The van der Waals surface area contributed by atoms with E-state index in [9.17, 15) is 8.42 Å². The maximum atomic E-state index is 11.6. The van der Waals surface area contributed by atoms with Crippen LogP contribution in [0.5, 0.6) is 0 Å². The molecule has 0 aliphatic carbocycles. The van der Waals surface area contributed by atoms with E-state index in [4.69, 9.17) is 0 Å². The van der Waals surface area contributed by atoms with Crippen molar-refractivity contribution in [1.29, 1.82) is 0 Å². The van der Waals surface area contributed by atoms with Crippen LogP contribution in [-0.2, 0) is 10.0 Å². The SMILES string of the molecule is CC(C)c1cc(N2CC3CN(S(C)(=O)=O)CC3C2)ncn1. The summed E-state index contributed by atoms with van der Waals surface area (Å²) in [6, 6.07) is 2.06. The molecule has 6 nitrogen and oxygen atoms in total. The van der Waals surface area contributed by atoms with Crippen LogP contribution in [0.2, 0.25) is 0 Å². The summed E-state index contributed by atoms with van der Waals surface area (Å²) in [6.07, 6.45) is 2.92. The quantitative estimate of drug-likeness (QED) is 0.831. The molecule has 2 aliphatic heterocycles. The number of anilines is 1. The molecule has 2 atom stereocenters. The Labute approximate surface area is 126 Å². The summed E-state index contributed by atoms with van der Waals surface area (Å²) >= 11 is 0. The van der Waals surface area contributed by atoms with Crippen LogP contribution in [0.25, 0.3) is 0 Å². The first kappa shape index (κ1) is 14.7. The van der Waals surface area contributed by atoms with Gasteiger partial charge in [0.1, 0.15) is 12.1 Å². The van der Waals surface area contributed by atoms with E-state index in [1.54, 1.807) is 10.6 Å². The second-order valence-corrected chi connectivity index (χ2v) is 8.44. The smallest absolute Gasteiger partial charge is 0.211 e. The van der Waals surface area contributed by atoms with Gasteiger partial charge in [0.15, 0.2) is 0 Å². The van der Waals surface area contributed by atoms with Crippen molar-refractivity contribution in [3.63, 3.8) is 0 Å². The minimum atomic E-state index is -3.06. The van der Waals surface area contributed by atoms with Gasteiger partial charge >= 0.3 is 0 Å². The molecule has 2 unspecified atom stereocenters. The number of rotatable bonds is 3. The van der Waals surface area contributed by atoms with Crippen LogP contribution in [0, 0.1) is 11.8 Å². The van der Waals surface area contributed by atoms with Gasteiger partial charge in [-0.15, -0.1) is 0 Å². The van der Waals surface area contributed by atoms with Gasteiger partial charge < -0.3 is 4.90 Å². The Kier molecular flexibility index (Phi) is 3.65. The molecule has 3 heterocycles. The lowest BCUT2D eigenvalue weighted by Crippen LogP contribution is -2.32. The molecule has 2 fully saturated rings. The van der Waals surface area contributed by atoms with Gasteiger partial charge in [0.05, 0.1) is 6.26 Å². The van der Waals surface area contributed by atoms with Crippen LogP contribution < -0.4 is 4.90 Å². The fourth-order valence-corrected chi connectivity index (χ4v) is 4.18. The molecule has 0 aromatic carbocycles. The van der Waals surface area contributed by atoms with E-state index >= 15 is 0 Å². The summed E-state index contributed by atoms with van der Waals surface area (Å²) in [4.78, 5) is 10.9. The van der Waals surface area contributed by atoms with E-state index < -0.39 is 10.0 Å². The van der Waals surface area contributed by atoms with E-state index in [2.05, 4.69) is 34.8 Å². The number of aromatic nitrogens is 2. The van der Waals surface area contributed by atoms with Crippen LogP contribution in [0.15, 0.2) is 12.4 Å². The highest BCUT2D eigenvalue weighted by atomic mass is 32.2. The highest BCUT2D eigenvalue weighted by Crippen LogP contribution is 2.34. The second kappa shape index (κ2) is 5.21. The zero-order chi connectivity index (χ0) is 15.2. The highest BCUT2D eigenvalue weighted by molar-refractivity contribution is 7.88. The lowest BCUT2D eigenvalue weighted by Gasteiger charge is -2.21. The van der Waals surface area contributed by atoms with Gasteiger partial charge in [0, 0.05) is 37.9 Å². The fraction of sp³-hybridized carbons (Fsp3) is 0.714. The average Bonchev–Trinajstić information content (AvgIpc) is 2.96. The lowest BCUT2D eigenvalue weighted by atomic mass is 10.0. The van der Waals surface area contributed by atoms with Crippen molar-refractivity contribution in [2.45, 2.75) is 19.8 Å². The van der Waals surface area contributed by atoms with E-state index in [1.807, 2.05) is 0 Å². The molecular weight excluding hydrogens is 288 g/mol. The Balaban J connectivity index is 1.72. The third-order valence-electron chi connectivity index (χ3n) is 4.51. The molecule has 116 valence electrons. The monoisotopic (exact) mass is 310 g/mol. The molecule has 7 heteroatoms. The normalized spacial score (nSPS) is 26.6. The van der Waals surface area contributed by atoms with Gasteiger partial charge in [0.2, 0.25) is 10.0 Å². The Bertz CT molecular complexity index is 618. The predicted octanol–water partition coefficient (Wildman–Crippen LogP) is 0.928. The zero-order valence-corrected chi connectivity index (χ0v) is 13.5. The molecule has 3 rings (SSSR count). The van der Waals surface area contributed by atoms with Crippen LogP contribution >= 0.6 is 0 Å². The fourth-order valence-electron chi connectivity index (χ4n) is 3.26. The Morgan fingerprint density at radius 3 is 2.29 bits per heavy atom. The second-order valence-electron chi connectivity index (χ2n) is 6.46. The third-order valence-corrected chi connectivity index (χ3v) is 5.75. The molecule has 1 aromatic heterocycles. The molecule has 0 bridgehead atoms. The number of hydrogen-bond donors (Lipinski definition) is 0. The summed E-state index contributed by atoms with van der Waals surface area (Å²) in [7, 11) is -3.06. The van der Waals surface area contributed by atoms with Crippen LogP contribution in [0.4, 0.5) is 5.82 Å². The summed E-state index contributed by atoms with van der Waals surface area (Å²) in [5.74, 6) is 2.18. The van der Waals surface area contributed by atoms with Gasteiger partial charge in [-0.3, -0.25) is 0 Å². The van der Waals surface area contributed by atoms with Crippen molar-refractivity contribution in [3.8, 4) is 0 Å². The van der Waals surface area contributed by atoms with Gasteiger partial charge in [0.25, 0.3) is 0 Å². The van der Waals surface area contributed by atoms with E-state index in [0.29, 0.717) is 30.8 Å². The summed E-state index contributed by atoms with van der Waals surface area (Å²) < 4.78 is 24.9. The molecule has 0 amide bonds. The first-order chi connectivity index (χ1) is 9.84. The van der Waals surface area contributed by atoms with Gasteiger partial charge in [-0.1, -0.05) is 13.8 Å². The van der Waals surface area contributed by atoms with Crippen LogP contribution in [-0.4, -0.2) is 55.1 Å². The number of hydrogen-bond acceptors (Lipinski definition) is 5. The Morgan fingerprint density at radius 1 is 1.14 bits per heavy atom. The summed E-state index contributed by atoms with van der Waals surface area (Å²) in [5, 5.41) is 0. The average molecular weight is 310 g/mol. The maximum Gasteiger partial charge on any atom is 0.211 e. The summed E-state index contributed by atoms with van der Waals surface area (Å²) in [5.41, 5.74) is 1.05. The molecule has 2 saturated heterocycles.